The maximum Gasteiger partial charge on any atom is 0.257 e. The Morgan fingerprint density at radius 1 is 1.23 bits per heavy atom. The van der Waals surface area contributed by atoms with Crippen LogP contribution in [0.3, 0.4) is 0 Å². The number of pyridine rings is 1. The van der Waals surface area contributed by atoms with Crippen LogP contribution >= 0.6 is 0 Å². The molecular formula is C28H31N5O2. The van der Waals surface area contributed by atoms with Gasteiger partial charge < -0.3 is 21.1 Å². The first-order valence-electron chi connectivity index (χ1n) is 12.2. The number of aliphatic hydroxyl groups excluding tert-OH is 1. The lowest BCUT2D eigenvalue weighted by Gasteiger charge is -2.40. The van der Waals surface area contributed by atoms with E-state index in [-0.39, 0.29) is 11.9 Å². The number of rotatable bonds is 5. The Morgan fingerprint density at radius 3 is 2.74 bits per heavy atom. The maximum atomic E-state index is 13.7. The van der Waals surface area contributed by atoms with Crippen molar-refractivity contribution in [1.82, 2.24) is 9.88 Å². The standard InChI is InChI=1S/C28H31N5O2/c1-30-16-20(14-29)24-11-10-18(15-31-24)12-19-13-23-27(22-7-3-2-6-21(19)22)32-17-33(28(23)35)25-8-4-5-9-26(25)34/h2-3,6-7,10-11,13-16,25-26,32,34H,4-5,8-9,12,17,29H2,1H3/t25-,26-/m0/s1. The molecule has 2 atom stereocenters. The van der Waals surface area contributed by atoms with Crippen molar-refractivity contribution in [3.8, 4) is 0 Å². The summed E-state index contributed by atoms with van der Waals surface area (Å²) in [4.78, 5) is 24.1. The molecule has 2 aromatic carbocycles. The number of anilines is 1. The number of carbonyl (C=O) groups is 1. The van der Waals surface area contributed by atoms with E-state index in [0.29, 0.717) is 18.7 Å². The third-order valence-electron chi connectivity index (χ3n) is 7.10. The molecule has 1 aliphatic carbocycles. The second kappa shape index (κ2) is 9.88. The molecule has 1 amide bonds. The molecule has 1 saturated carbocycles. The Hall–Kier alpha value is -3.71. The van der Waals surface area contributed by atoms with Gasteiger partial charge in [0.1, 0.15) is 0 Å². The summed E-state index contributed by atoms with van der Waals surface area (Å²) < 4.78 is 0. The van der Waals surface area contributed by atoms with Gasteiger partial charge in [0, 0.05) is 36.6 Å². The molecule has 35 heavy (non-hydrogen) atoms. The first-order valence-corrected chi connectivity index (χ1v) is 12.2. The molecule has 7 nitrogen and oxygen atoms in total. The van der Waals surface area contributed by atoms with Crippen molar-refractivity contribution >= 4 is 34.2 Å². The SMILES string of the molecule is CN=CC(=CN)c1ccc(Cc2cc3c(c4ccccc24)NCN([C@H]2CCCC[C@@H]2O)C3=O)cn1. The Labute approximate surface area is 205 Å². The van der Waals surface area contributed by atoms with Crippen molar-refractivity contribution in [3.05, 3.63) is 77.2 Å². The van der Waals surface area contributed by atoms with Gasteiger partial charge in [-0.15, -0.1) is 0 Å². The van der Waals surface area contributed by atoms with E-state index in [9.17, 15) is 9.90 Å². The van der Waals surface area contributed by atoms with Crippen LogP contribution in [-0.4, -0.2) is 53.0 Å². The van der Waals surface area contributed by atoms with Gasteiger partial charge in [-0.05, 0) is 47.9 Å². The van der Waals surface area contributed by atoms with Crippen LogP contribution in [0.1, 0.15) is 52.9 Å². The number of allylic oxidation sites excluding steroid dienone is 1. The topological polar surface area (TPSA) is 104 Å². The summed E-state index contributed by atoms with van der Waals surface area (Å²) in [5.74, 6) is -0.0123. The Bertz CT molecular complexity index is 1300. The third kappa shape index (κ3) is 4.39. The second-order valence-electron chi connectivity index (χ2n) is 9.27. The molecule has 1 aromatic heterocycles. The molecule has 0 radical (unpaired) electrons. The van der Waals surface area contributed by atoms with Crippen LogP contribution < -0.4 is 11.1 Å². The zero-order chi connectivity index (χ0) is 24.4. The van der Waals surface area contributed by atoms with Crippen LogP contribution in [0.5, 0.6) is 0 Å². The van der Waals surface area contributed by atoms with Crippen molar-refractivity contribution in [2.75, 3.05) is 19.0 Å². The van der Waals surface area contributed by atoms with Crippen molar-refractivity contribution in [3.63, 3.8) is 0 Å². The molecule has 1 fully saturated rings. The summed E-state index contributed by atoms with van der Waals surface area (Å²) in [6, 6.07) is 14.0. The van der Waals surface area contributed by atoms with Crippen LogP contribution in [0, 0.1) is 0 Å². The molecule has 180 valence electrons. The molecule has 1 aliphatic heterocycles. The van der Waals surface area contributed by atoms with Gasteiger partial charge in [0.15, 0.2) is 0 Å². The van der Waals surface area contributed by atoms with Crippen LogP contribution in [0.2, 0.25) is 0 Å². The highest BCUT2D eigenvalue weighted by molar-refractivity contribution is 6.11. The monoisotopic (exact) mass is 469 g/mol. The first-order chi connectivity index (χ1) is 17.1. The number of nitrogens with two attached hydrogens (primary N) is 1. The number of nitrogens with zero attached hydrogens (tertiary/aromatic N) is 3. The van der Waals surface area contributed by atoms with Gasteiger partial charge in [0.2, 0.25) is 0 Å². The molecule has 0 unspecified atom stereocenters. The smallest absolute Gasteiger partial charge is 0.257 e. The van der Waals surface area contributed by atoms with Gasteiger partial charge in [-0.2, -0.15) is 0 Å². The number of fused-ring (bicyclic) bond motifs is 3. The number of hydrogen-bond acceptors (Lipinski definition) is 6. The number of hydrogen-bond donors (Lipinski definition) is 3. The fraction of sp³-hybridized carbons (Fsp3) is 0.321. The predicted octanol–water partition coefficient (Wildman–Crippen LogP) is 3.95. The Balaban J connectivity index is 1.50. The number of amides is 1. The van der Waals surface area contributed by atoms with Crippen LogP contribution in [0.4, 0.5) is 5.69 Å². The fourth-order valence-corrected chi connectivity index (χ4v) is 5.32. The van der Waals surface area contributed by atoms with Crippen molar-refractivity contribution in [2.45, 2.75) is 44.2 Å². The molecule has 2 aliphatic rings. The summed E-state index contributed by atoms with van der Waals surface area (Å²) in [6.45, 7) is 0.417. The Morgan fingerprint density at radius 2 is 2.03 bits per heavy atom. The lowest BCUT2D eigenvalue weighted by Crippen LogP contribution is -2.52. The summed E-state index contributed by atoms with van der Waals surface area (Å²) in [5, 5.41) is 16.2. The molecular weight excluding hydrogens is 438 g/mol. The lowest BCUT2D eigenvalue weighted by atomic mass is 9.89. The average molecular weight is 470 g/mol. The molecule has 7 heteroatoms. The zero-order valence-corrected chi connectivity index (χ0v) is 19.9. The quantitative estimate of drug-likeness (QED) is 0.491. The van der Waals surface area contributed by atoms with Gasteiger partial charge >= 0.3 is 0 Å². The highest BCUT2D eigenvalue weighted by atomic mass is 16.3. The van der Waals surface area contributed by atoms with Crippen molar-refractivity contribution < 1.29 is 9.90 Å². The zero-order valence-electron chi connectivity index (χ0n) is 19.9. The Kier molecular flexibility index (Phi) is 6.51. The van der Waals surface area contributed by atoms with Crippen LogP contribution in [0.25, 0.3) is 16.3 Å². The predicted molar refractivity (Wildman–Crippen MR) is 140 cm³/mol. The lowest BCUT2D eigenvalue weighted by molar-refractivity contribution is 0.0192. The van der Waals surface area contributed by atoms with E-state index in [4.69, 9.17) is 5.73 Å². The number of nitrogens with one attached hydrogen (secondary N) is 1. The van der Waals surface area contributed by atoms with Crippen LogP contribution in [-0.2, 0) is 6.42 Å². The number of aliphatic imine (C=N–C) groups is 1. The van der Waals surface area contributed by atoms with Gasteiger partial charge in [-0.3, -0.25) is 14.8 Å². The number of aliphatic hydroxyl groups is 1. The van der Waals surface area contributed by atoms with Crippen molar-refractivity contribution in [2.24, 2.45) is 10.7 Å². The molecule has 0 spiro atoms. The molecule has 3 aromatic rings. The van der Waals surface area contributed by atoms with Gasteiger partial charge in [-0.1, -0.05) is 43.2 Å². The van der Waals surface area contributed by atoms with Gasteiger partial charge in [-0.25, -0.2) is 0 Å². The average Bonchev–Trinajstić information content (AvgIpc) is 2.89. The number of carbonyl (C=O) groups excluding carboxylic acids is 1. The second-order valence-corrected chi connectivity index (χ2v) is 9.27. The minimum atomic E-state index is -0.467. The van der Waals surface area contributed by atoms with E-state index in [2.05, 4.69) is 27.4 Å². The van der Waals surface area contributed by atoms with Gasteiger partial charge in [0.05, 0.1) is 35.8 Å². The highest BCUT2D eigenvalue weighted by Gasteiger charge is 2.36. The summed E-state index contributed by atoms with van der Waals surface area (Å²) >= 11 is 0. The number of benzene rings is 2. The first kappa shape index (κ1) is 23.1. The van der Waals surface area contributed by atoms with E-state index >= 15 is 0 Å². The summed E-state index contributed by atoms with van der Waals surface area (Å²) in [6.07, 6.45) is 8.85. The van der Waals surface area contributed by atoms with E-state index < -0.39 is 6.10 Å². The van der Waals surface area contributed by atoms with Gasteiger partial charge in [0.25, 0.3) is 5.91 Å². The third-order valence-corrected chi connectivity index (χ3v) is 7.10. The van der Waals surface area contributed by atoms with E-state index in [1.807, 2.05) is 41.4 Å². The summed E-state index contributed by atoms with van der Waals surface area (Å²) in [7, 11) is 1.70. The molecule has 0 bridgehead atoms. The summed E-state index contributed by atoms with van der Waals surface area (Å²) in [5.41, 5.74) is 10.9. The minimum Gasteiger partial charge on any atom is -0.404 e. The van der Waals surface area contributed by atoms with E-state index in [1.54, 1.807) is 13.3 Å². The molecule has 2 heterocycles. The highest BCUT2D eigenvalue weighted by Crippen LogP contribution is 2.36. The maximum absolute atomic E-state index is 13.7. The van der Waals surface area contributed by atoms with Crippen molar-refractivity contribution in [1.29, 1.82) is 0 Å². The normalized spacial score (nSPS) is 20.8. The largest absolute Gasteiger partial charge is 0.404 e. The van der Waals surface area contributed by atoms with E-state index in [1.165, 1.54) is 6.20 Å². The molecule has 0 saturated heterocycles. The van der Waals surface area contributed by atoms with E-state index in [0.717, 1.165) is 64.5 Å². The molecule has 5 rings (SSSR count). The fourth-order valence-electron chi connectivity index (χ4n) is 5.32. The molecule has 4 N–H and O–H groups in total. The van der Waals surface area contributed by atoms with Crippen LogP contribution in [0.15, 0.2) is 59.9 Å². The number of aromatic nitrogens is 1. The minimum absolute atomic E-state index is 0.0123.